The average Bonchev–Trinajstić information content (AvgIpc) is 2.63. The fourth-order valence-electron chi connectivity index (χ4n) is 1.96. The predicted molar refractivity (Wildman–Crippen MR) is 102 cm³/mol. The molecule has 0 aliphatic carbocycles. The number of hydrogen-bond donors (Lipinski definition) is 2. The number of nitrogens with one attached hydrogen (secondary N) is 2. The molecule has 136 valence electrons. The van der Waals surface area contributed by atoms with Crippen LogP contribution in [0.5, 0.6) is 5.75 Å². The predicted octanol–water partition coefficient (Wildman–Crippen LogP) is 3.27. The molecule has 0 fully saturated rings. The molecule has 2 aromatic rings. The number of benzene rings is 2. The first-order valence-electron chi connectivity index (χ1n) is 7.77. The van der Waals surface area contributed by atoms with Crippen LogP contribution in [-0.4, -0.2) is 31.2 Å². The zero-order valence-electron chi connectivity index (χ0n) is 14.0. The van der Waals surface area contributed by atoms with Crippen molar-refractivity contribution in [3.8, 4) is 5.75 Å². The van der Waals surface area contributed by atoms with E-state index in [0.717, 1.165) is 11.3 Å². The van der Waals surface area contributed by atoms with E-state index in [1.807, 2.05) is 31.2 Å². The first kappa shape index (κ1) is 19.8. The molecule has 0 unspecified atom stereocenters. The maximum absolute atomic E-state index is 12.0. The average molecular weight is 394 g/mol. The second kappa shape index (κ2) is 9.79. The second-order valence-electron chi connectivity index (χ2n) is 5.10. The summed E-state index contributed by atoms with van der Waals surface area (Å²) < 4.78 is 5.34. The maximum Gasteiger partial charge on any atom is 0.259 e. The Labute approximate surface area is 161 Å². The van der Waals surface area contributed by atoms with Crippen LogP contribution < -0.4 is 15.5 Å². The summed E-state index contributed by atoms with van der Waals surface area (Å²) in [7, 11) is 0. The van der Waals surface area contributed by atoms with E-state index >= 15 is 0 Å². The van der Waals surface area contributed by atoms with Crippen LogP contribution in [0.2, 0.25) is 10.0 Å². The second-order valence-corrected chi connectivity index (χ2v) is 5.95. The fourth-order valence-corrected chi connectivity index (χ4v) is 2.34. The molecule has 0 atom stereocenters. The van der Waals surface area contributed by atoms with Crippen molar-refractivity contribution in [3.63, 3.8) is 0 Å². The Morgan fingerprint density at radius 2 is 1.88 bits per heavy atom. The van der Waals surface area contributed by atoms with E-state index < -0.39 is 11.8 Å². The number of carbonyl (C=O) groups is 2. The largest absolute Gasteiger partial charge is 0.494 e. The Hall–Kier alpha value is -2.57. The fraction of sp³-hybridized carbons (Fsp3) is 0.167. The van der Waals surface area contributed by atoms with E-state index in [1.54, 1.807) is 6.07 Å². The lowest BCUT2D eigenvalue weighted by molar-refractivity contribution is -0.120. The maximum atomic E-state index is 12.0. The quantitative estimate of drug-likeness (QED) is 0.559. The molecule has 2 N–H and O–H groups in total. The normalized spacial score (nSPS) is 10.6. The number of hydrogen-bond acceptors (Lipinski definition) is 4. The lowest BCUT2D eigenvalue weighted by Crippen LogP contribution is -2.35. The molecule has 2 aromatic carbocycles. The molecule has 8 heteroatoms. The van der Waals surface area contributed by atoms with Crippen molar-refractivity contribution in [2.45, 2.75) is 6.92 Å². The van der Waals surface area contributed by atoms with E-state index in [9.17, 15) is 9.59 Å². The molecule has 2 rings (SSSR count). The third kappa shape index (κ3) is 6.06. The van der Waals surface area contributed by atoms with Gasteiger partial charge >= 0.3 is 0 Å². The molecule has 6 nitrogen and oxygen atoms in total. The highest BCUT2D eigenvalue weighted by Crippen LogP contribution is 2.20. The summed E-state index contributed by atoms with van der Waals surface area (Å²) in [6.07, 6.45) is 1.49. The Balaban J connectivity index is 1.81. The van der Waals surface area contributed by atoms with Gasteiger partial charge in [-0.2, -0.15) is 5.10 Å². The number of nitrogens with zero attached hydrogens (tertiary/aromatic N) is 1. The Kier molecular flexibility index (Phi) is 7.44. The highest BCUT2D eigenvalue weighted by Gasteiger charge is 2.12. The van der Waals surface area contributed by atoms with Crippen LogP contribution in [0.1, 0.15) is 22.8 Å². The molecule has 2 amide bonds. The highest BCUT2D eigenvalue weighted by molar-refractivity contribution is 6.35. The van der Waals surface area contributed by atoms with E-state index in [4.69, 9.17) is 27.9 Å². The zero-order chi connectivity index (χ0) is 18.9. The third-order valence-electron chi connectivity index (χ3n) is 3.18. The van der Waals surface area contributed by atoms with Gasteiger partial charge in [0.05, 0.1) is 30.0 Å². The summed E-state index contributed by atoms with van der Waals surface area (Å²) in [5.41, 5.74) is 3.32. The minimum Gasteiger partial charge on any atom is -0.494 e. The Morgan fingerprint density at radius 1 is 1.15 bits per heavy atom. The minimum absolute atomic E-state index is 0.199. The van der Waals surface area contributed by atoms with Crippen molar-refractivity contribution in [2.75, 3.05) is 13.2 Å². The monoisotopic (exact) mass is 393 g/mol. The topological polar surface area (TPSA) is 79.8 Å². The van der Waals surface area contributed by atoms with Crippen molar-refractivity contribution in [1.82, 2.24) is 10.7 Å². The Bertz CT molecular complexity index is 808. The molecule has 0 heterocycles. The molecule has 0 saturated heterocycles. The SMILES string of the molecule is CCOc1ccc(/C=N\NC(=O)CNC(=O)c2cc(Cl)ccc2Cl)cc1. The van der Waals surface area contributed by atoms with Crippen molar-refractivity contribution >= 4 is 41.2 Å². The van der Waals surface area contributed by atoms with Gasteiger partial charge in [0.2, 0.25) is 0 Å². The van der Waals surface area contributed by atoms with Gasteiger partial charge < -0.3 is 10.1 Å². The molecule has 0 radical (unpaired) electrons. The van der Waals surface area contributed by atoms with E-state index in [2.05, 4.69) is 15.8 Å². The molecule has 0 aliphatic rings. The molecule has 0 bridgehead atoms. The van der Waals surface area contributed by atoms with Gasteiger partial charge in [-0.1, -0.05) is 23.2 Å². The molecule has 0 aromatic heterocycles. The van der Waals surface area contributed by atoms with Gasteiger partial charge in [0.1, 0.15) is 5.75 Å². The molecule has 0 aliphatic heterocycles. The van der Waals surface area contributed by atoms with Crippen LogP contribution in [0.25, 0.3) is 0 Å². The van der Waals surface area contributed by atoms with E-state index in [1.165, 1.54) is 18.3 Å². The van der Waals surface area contributed by atoms with Crippen molar-refractivity contribution < 1.29 is 14.3 Å². The van der Waals surface area contributed by atoms with Crippen LogP contribution in [0, 0.1) is 0 Å². The van der Waals surface area contributed by atoms with Gasteiger partial charge in [-0.3, -0.25) is 9.59 Å². The Morgan fingerprint density at radius 3 is 2.58 bits per heavy atom. The van der Waals surface area contributed by atoms with Crippen LogP contribution >= 0.6 is 23.2 Å². The summed E-state index contributed by atoms with van der Waals surface area (Å²) >= 11 is 11.8. The van der Waals surface area contributed by atoms with Gasteiger partial charge in [-0.05, 0) is 55.0 Å². The lowest BCUT2D eigenvalue weighted by Gasteiger charge is -2.06. The standard InChI is InChI=1S/C18H17Cl2N3O3/c1-2-26-14-6-3-12(4-7-14)10-22-23-17(24)11-21-18(25)15-9-13(19)5-8-16(15)20/h3-10H,2,11H2,1H3,(H,21,25)(H,23,24)/b22-10-. The minimum atomic E-state index is -0.497. The van der Waals surface area contributed by atoms with Crippen LogP contribution in [0.15, 0.2) is 47.6 Å². The van der Waals surface area contributed by atoms with Gasteiger partial charge in [0.25, 0.3) is 11.8 Å². The van der Waals surface area contributed by atoms with Gasteiger partial charge in [-0.15, -0.1) is 0 Å². The van der Waals surface area contributed by atoms with Gasteiger partial charge in [0, 0.05) is 5.02 Å². The summed E-state index contributed by atoms with van der Waals surface area (Å²) in [5.74, 6) is -0.210. The van der Waals surface area contributed by atoms with E-state index in [0.29, 0.717) is 11.6 Å². The van der Waals surface area contributed by atoms with Crippen molar-refractivity contribution in [3.05, 3.63) is 63.6 Å². The first-order chi connectivity index (χ1) is 12.5. The molecular formula is C18H17Cl2N3O3. The number of halogens is 2. The van der Waals surface area contributed by atoms with Crippen molar-refractivity contribution in [1.29, 1.82) is 0 Å². The first-order valence-corrected chi connectivity index (χ1v) is 8.53. The lowest BCUT2D eigenvalue weighted by atomic mass is 10.2. The number of carbonyl (C=O) groups excluding carboxylic acids is 2. The zero-order valence-corrected chi connectivity index (χ0v) is 15.5. The smallest absolute Gasteiger partial charge is 0.259 e. The van der Waals surface area contributed by atoms with Crippen molar-refractivity contribution in [2.24, 2.45) is 5.10 Å². The van der Waals surface area contributed by atoms with Gasteiger partial charge in [0.15, 0.2) is 0 Å². The molecule has 26 heavy (non-hydrogen) atoms. The van der Waals surface area contributed by atoms with E-state index in [-0.39, 0.29) is 17.1 Å². The van der Waals surface area contributed by atoms with Crippen LogP contribution in [-0.2, 0) is 4.79 Å². The van der Waals surface area contributed by atoms with Gasteiger partial charge in [-0.25, -0.2) is 5.43 Å². The number of rotatable bonds is 7. The highest BCUT2D eigenvalue weighted by atomic mass is 35.5. The van der Waals surface area contributed by atoms with Crippen LogP contribution in [0.4, 0.5) is 0 Å². The summed E-state index contributed by atoms with van der Waals surface area (Å²) in [6.45, 7) is 2.25. The molecular weight excluding hydrogens is 377 g/mol. The van der Waals surface area contributed by atoms with Crippen LogP contribution in [0.3, 0.4) is 0 Å². The summed E-state index contributed by atoms with van der Waals surface area (Å²) in [5, 5.41) is 6.92. The summed E-state index contributed by atoms with van der Waals surface area (Å²) in [4.78, 5) is 23.8. The summed E-state index contributed by atoms with van der Waals surface area (Å²) in [6, 6.07) is 11.8. The number of amides is 2. The molecule has 0 saturated carbocycles. The number of ether oxygens (including phenoxy) is 1. The third-order valence-corrected chi connectivity index (χ3v) is 3.74. The number of hydrazone groups is 1. The molecule has 0 spiro atoms.